The summed E-state index contributed by atoms with van der Waals surface area (Å²) in [6.45, 7) is 2.75. The van der Waals surface area contributed by atoms with Crippen molar-refractivity contribution in [3.05, 3.63) is 0 Å². The minimum absolute atomic E-state index is 0.149. The van der Waals surface area contributed by atoms with E-state index in [0.717, 1.165) is 6.42 Å². The molecule has 92 valence electrons. The first-order valence-electron chi connectivity index (χ1n) is 5.30. The molecule has 2 atom stereocenters. The number of carboxylic acid groups (broad SMARTS) is 1. The molecule has 1 fully saturated rings. The highest BCUT2D eigenvalue weighted by Crippen LogP contribution is 2.19. The highest BCUT2D eigenvalue weighted by molar-refractivity contribution is 5.81. The van der Waals surface area contributed by atoms with E-state index >= 15 is 0 Å². The molecule has 6 heteroatoms. The van der Waals surface area contributed by atoms with Gasteiger partial charge in [-0.05, 0) is 12.3 Å². The molecule has 1 aliphatic rings. The van der Waals surface area contributed by atoms with Gasteiger partial charge in [0, 0.05) is 13.2 Å². The number of amides is 1. The van der Waals surface area contributed by atoms with E-state index in [9.17, 15) is 9.59 Å². The first kappa shape index (κ1) is 12.9. The molecular formula is C10H17NO5. The summed E-state index contributed by atoms with van der Waals surface area (Å²) < 4.78 is 10.1. The molecule has 0 aromatic carbocycles. The van der Waals surface area contributed by atoms with Crippen LogP contribution in [0.4, 0.5) is 0 Å². The summed E-state index contributed by atoms with van der Waals surface area (Å²) >= 11 is 0. The lowest BCUT2D eigenvalue weighted by atomic mass is 10.0. The van der Waals surface area contributed by atoms with E-state index in [1.54, 1.807) is 0 Å². The second-order valence-electron chi connectivity index (χ2n) is 3.79. The van der Waals surface area contributed by atoms with Crippen LogP contribution in [0.5, 0.6) is 0 Å². The van der Waals surface area contributed by atoms with Gasteiger partial charge in [-0.15, -0.1) is 0 Å². The van der Waals surface area contributed by atoms with Gasteiger partial charge in [-0.3, -0.25) is 4.79 Å². The fourth-order valence-corrected chi connectivity index (χ4v) is 1.54. The molecule has 1 heterocycles. The van der Waals surface area contributed by atoms with E-state index in [1.807, 2.05) is 6.92 Å². The zero-order valence-corrected chi connectivity index (χ0v) is 9.27. The van der Waals surface area contributed by atoms with Crippen molar-refractivity contribution in [2.24, 2.45) is 5.92 Å². The molecule has 1 rings (SSSR count). The van der Waals surface area contributed by atoms with Crippen molar-refractivity contribution < 1.29 is 24.2 Å². The number of hydrogen-bond acceptors (Lipinski definition) is 4. The minimum atomic E-state index is -1.01. The van der Waals surface area contributed by atoms with Crippen LogP contribution in [-0.2, 0) is 19.1 Å². The molecule has 0 radical (unpaired) electrons. The van der Waals surface area contributed by atoms with E-state index < -0.39 is 5.97 Å². The lowest BCUT2D eigenvalue weighted by molar-refractivity contribution is -0.142. The van der Waals surface area contributed by atoms with Gasteiger partial charge < -0.3 is 19.9 Å². The average molecular weight is 231 g/mol. The van der Waals surface area contributed by atoms with E-state index in [4.69, 9.17) is 14.6 Å². The summed E-state index contributed by atoms with van der Waals surface area (Å²) in [5.74, 6) is -0.928. The van der Waals surface area contributed by atoms with Gasteiger partial charge in [-0.1, -0.05) is 6.92 Å². The third-order valence-corrected chi connectivity index (χ3v) is 2.42. The number of carbonyl (C=O) groups is 2. The van der Waals surface area contributed by atoms with E-state index in [-0.39, 0.29) is 31.1 Å². The van der Waals surface area contributed by atoms with Gasteiger partial charge in [0.05, 0.1) is 6.61 Å². The summed E-state index contributed by atoms with van der Waals surface area (Å²) in [6, 6.07) is 0. The summed E-state index contributed by atoms with van der Waals surface area (Å²) in [4.78, 5) is 21.7. The number of aliphatic carboxylic acids is 1. The van der Waals surface area contributed by atoms with Crippen molar-refractivity contribution in [2.75, 3.05) is 26.4 Å². The molecule has 0 aliphatic carbocycles. The molecule has 0 aromatic heterocycles. The Morgan fingerprint density at radius 1 is 1.56 bits per heavy atom. The van der Waals surface area contributed by atoms with Crippen LogP contribution in [-0.4, -0.2) is 49.5 Å². The number of ether oxygens (including phenoxy) is 2. The number of hydrogen-bond donors (Lipinski definition) is 2. The Labute approximate surface area is 93.9 Å². The van der Waals surface area contributed by atoms with Crippen molar-refractivity contribution in [3.63, 3.8) is 0 Å². The summed E-state index contributed by atoms with van der Waals surface area (Å²) in [5, 5.41) is 10.9. The molecule has 2 unspecified atom stereocenters. The first-order chi connectivity index (χ1) is 7.61. The summed E-state index contributed by atoms with van der Waals surface area (Å²) in [7, 11) is 0. The number of rotatable bonds is 6. The van der Waals surface area contributed by atoms with Crippen LogP contribution in [0.2, 0.25) is 0 Å². The first-order valence-corrected chi connectivity index (χ1v) is 5.30. The molecular weight excluding hydrogens is 214 g/mol. The number of carboxylic acids is 1. The van der Waals surface area contributed by atoms with Crippen LogP contribution in [0.3, 0.4) is 0 Å². The SMILES string of the molecule is CC1CCOC1C(=O)NCCOCC(=O)O. The largest absolute Gasteiger partial charge is 0.480 e. The van der Waals surface area contributed by atoms with Gasteiger partial charge in [-0.25, -0.2) is 4.79 Å². The summed E-state index contributed by atoms with van der Waals surface area (Å²) in [5.41, 5.74) is 0. The van der Waals surface area contributed by atoms with Crippen LogP contribution >= 0.6 is 0 Å². The Morgan fingerprint density at radius 2 is 2.31 bits per heavy atom. The predicted molar refractivity (Wildman–Crippen MR) is 55.0 cm³/mol. The topological polar surface area (TPSA) is 84.9 Å². The second-order valence-corrected chi connectivity index (χ2v) is 3.79. The molecule has 1 saturated heterocycles. The van der Waals surface area contributed by atoms with Crippen LogP contribution in [0.15, 0.2) is 0 Å². The van der Waals surface area contributed by atoms with Gasteiger partial charge in [-0.2, -0.15) is 0 Å². The number of carbonyl (C=O) groups excluding carboxylic acids is 1. The van der Waals surface area contributed by atoms with Crippen molar-refractivity contribution in [3.8, 4) is 0 Å². The molecule has 1 aliphatic heterocycles. The Hall–Kier alpha value is -1.14. The summed E-state index contributed by atoms with van der Waals surface area (Å²) in [6.07, 6.45) is 0.521. The van der Waals surface area contributed by atoms with Crippen molar-refractivity contribution in [2.45, 2.75) is 19.4 Å². The second kappa shape index (κ2) is 6.44. The van der Waals surface area contributed by atoms with Crippen LogP contribution in [0, 0.1) is 5.92 Å². The highest BCUT2D eigenvalue weighted by atomic mass is 16.5. The van der Waals surface area contributed by atoms with Crippen LogP contribution in [0.25, 0.3) is 0 Å². The maximum Gasteiger partial charge on any atom is 0.329 e. The Kier molecular flexibility index (Phi) is 5.21. The zero-order chi connectivity index (χ0) is 12.0. The van der Waals surface area contributed by atoms with E-state index in [1.165, 1.54) is 0 Å². The molecule has 16 heavy (non-hydrogen) atoms. The molecule has 0 saturated carbocycles. The van der Waals surface area contributed by atoms with Crippen LogP contribution < -0.4 is 5.32 Å². The third-order valence-electron chi connectivity index (χ3n) is 2.42. The predicted octanol–water partition coefficient (Wildman–Crippen LogP) is -0.371. The van der Waals surface area contributed by atoms with Crippen molar-refractivity contribution >= 4 is 11.9 Å². The van der Waals surface area contributed by atoms with Gasteiger partial charge in [0.2, 0.25) is 5.91 Å². The van der Waals surface area contributed by atoms with Gasteiger partial charge in [0.15, 0.2) is 0 Å². The van der Waals surface area contributed by atoms with Gasteiger partial charge in [0.1, 0.15) is 12.7 Å². The Bertz CT molecular complexity index is 256. The third kappa shape index (κ3) is 4.16. The molecule has 0 spiro atoms. The van der Waals surface area contributed by atoms with Gasteiger partial charge >= 0.3 is 5.97 Å². The molecule has 2 N–H and O–H groups in total. The van der Waals surface area contributed by atoms with E-state index in [2.05, 4.69) is 5.32 Å². The molecule has 0 aromatic rings. The zero-order valence-electron chi connectivity index (χ0n) is 9.27. The smallest absolute Gasteiger partial charge is 0.329 e. The van der Waals surface area contributed by atoms with Crippen molar-refractivity contribution in [1.82, 2.24) is 5.32 Å². The highest BCUT2D eigenvalue weighted by Gasteiger charge is 2.30. The van der Waals surface area contributed by atoms with Crippen LogP contribution in [0.1, 0.15) is 13.3 Å². The monoisotopic (exact) mass is 231 g/mol. The molecule has 6 nitrogen and oxygen atoms in total. The molecule has 1 amide bonds. The molecule has 0 bridgehead atoms. The normalized spacial score (nSPS) is 24.3. The lowest BCUT2D eigenvalue weighted by Crippen LogP contribution is -2.38. The Balaban J connectivity index is 2.08. The standard InChI is InChI=1S/C10H17NO5/c1-7-2-4-16-9(7)10(14)11-3-5-15-6-8(12)13/h7,9H,2-6H2,1H3,(H,11,14)(H,12,13). The maximum absolute atomic E-state index is 11.5. The fourth-order valence-electron chi connectivity index (χ4n) is 1.54. The average Bonchev–Trinajstić information content (AvgIpc) is 2.63. The minimum Gasteiger partial charge on any atom is -0.480 e. The fraction of sp³-hybridized carbons (Fsp3) is 0.800. The Morgan fingerprint density at radius 3 is 2.88 bits per heavy atom. The lowest BCUT2D eigenvalue weighted by Gasteiger charge is -2.14. The van der Waals surface area contributed by atoms with E-state index in [0.29, 0.717) is 13.2 Å². The van der Waals surface area contributed by atoms with Gasteiger partial charge in [0.25, 0.3) is 0 Å². The van der Waals surface area contributed by atoms with Crippen molar-refractivity contribution in [1.29, 1.82) is 0 Å². The number of nitrogens with one attached hydrogen (secondary N) is 1. The maximum atomic E-state index is 11.5. The quantitative estimate of drug-likeness (QED) is 0.609.